The highest BCUT2D eigenvalue weighted by molar-refractivity contribution is 5.84. The van der Waals surface area contributed by atoms with Gasteiger partial charge in [0.15, 0.2) is 0 Å². The van der Waals surface area contributed by atoms with Crippen LogP contribution in [-0.4, -0.2) is 16.7 Å². The van der Waals surface area contributed by atoms with Crippen molar-refractivity contribution < 1.29 is 4.79 Å². The van der Waals surface area contributed by atoms with Gasteiger partial charge in [-0.3, -0.25) is 4.79 Å². The van der Waals surface area contributed by atoms with Gasteiger partial charge in [-0.2, -0.15) is 5.10 Å². The number of carbonyl (C=O) groups is 1. The van der Waals surface area contributed by atoms with E-state index in [-0.39, 0.29) is 12.5 Å². The zero-order valence-electron chi connectivity index (χ0n) is 13.9. The van der Waals surface area contributed by atoms with Gasteiger partial charge < -0.3 is 4.57 Å². The van der Waals surface area contributed by atoms with Crippen molar-refractivity contribution in [2.75, 3.05) is 0 Å². The van der Waals surface area contributed by atoms with Gasteiger partial charge in [0.05, 0.1) is 6.21 Å². The lowest BCUT2D eigenvalue weighted by Gasteiger charge is -2.05. The van der Waals surface area contributed by atoms with Crippen LogP contribution in [0.25, 0.3) is 10.9 Å². The minimum Gasteiger partial charge on any atom is -0.338 e. The summed E-state index contributed by atoms with van der Waals surface area (Å²) in [5.74, 6) is 0.360. The van der Waals surface area contributed by atoms with E-state index in [0.29, 0.717) is 5.92 Å². The van der Waals surface area contributed by atoms with E-state index in [2.05, 4.69) is 36.5 Å². The van der Waals surface area contributed by atoms with Crippen LogP contribution in [0.4, 0.5) is 0 Å². The third-order valence-corrected chi connectivity index (χ3v) is 4.00. The third-order valence-electron chi connectivity index (χ3n) is 4.00. The van der Waals surface area contributed by atoms with E-state index in [1.807, 2.05) is 53.2 Å². The lowest BCUT2D eigenvalue weighted by molar-refractivity contribution is -0.121. The van der Waals surface area contributed by atoms with Gasteiger partial charge in [-0.15, -0.1) is 0 Å². The van der Waals surface area contributed by atoms with E-state index >= 15 is 0 Å². The van der Waals surface area contributed by atoms with Gasteiger partial charge >= 0.3 is 0 Å². The molecule has 0 aliphatic carbocycles. The van der Waals surface area contributed by atoms with E-state index in [4.69, 9.17) is 0 Å². The van der Waals surface area contributed by atoms with Crippen molar-refractivity contribution in [3.05, 3.63) is 71.9 Å². The molecule has 0 atom stereocenters. The molecule has 0 bridgehead atoms. The third kappa shape index (κ3) is 3.71. The number of hydrazone groups is 1. The number of hydrogen-bond donors (Lipinski definition) is 1. The predicted octanol–water partition coefficient (Wildman–Crippen LogP) is 3.92. The molecule has 0 fully saturated rings. The molecule has 4 nitrogen and oxygen atoms in total. The Labute approximate surface area is 141 Å². The van der Waals surface area contributed by atoms with Gasteiger partial charge in [0.1, 0.15) is 6.54 Å². The van der Waals surface area contributed by atoms with E-state index in [1.54, 1.807) is 6.21 Å². The van der Waals surface area contributed by atoms with Crippen molar-refractivity contribution in [3.63, 3.8) is 0 Å². The Kier molecular flexibility index (Phi) is 4.75. The van der Waals surface area contributed by atoms with Crippen LogP contribution in [0.5, 0.6) is 0 Å². The normalized spacial score (nSPS) is 11.5. The molecule has 4 heteroatoms. The Morgan fingerprint density at radius 1 is 1.12 bits per heavy atom. The number of hydrogen-bond acceptors (Lipinski definition) is 2. The van der Waals surface area contributed by atoms with Gasteiger partial charge in [0, 0.05) is 11.7 Å². The number of benzene rings is 2. The van der Waals surface area contributed by atoms with Crippen LogP contribution >= 0.6 is 0 Å². The highest BCUT2D eigenvalue weighted by atomic mass is 16.2. The minimum absolute atomic E-state index is 0.147. The molecule has 2 aromatic carbocycles. The van der Waals surface area contributed by atoms with Gasteiger partial charge in [-0.1, -0.05) is 56.3 Å². The zero-order valence-corrected chi connectivity index (χ0v) is 13.9. The molecule has 0 saturated heterocycles. The second-order valence-corrected chi connectivity index (χ2v) is 6.12. The Balaban J connectivity index is 1.59. The summed E-state index contributed by atoms with van der Waals surface area (Å²) in [5, 5.41) is 5.16. The first-order chi connectivity index (χ1) is 11.6. The first-order valence-electron chi connectivity index (χ1n) is 8.09. The highest BCUT2D eigenvalue weighted by Gasteiger charge is 2.04. The van der Waals surface area contributed by atoms with Gasteiger partial charge in [-0.25, -0.2) is 5.43 Å². The van der Waals surface area contributed by atoms with Crippen LogP contribution in [0.15, 0.2) is 65.9 Å². The Hall–Kier alpha value is -2.88. The van der Waals surface area contributed by atoms with E-state index in [0.717, 1.165) is 16.5 Å². The number of para-hydroxylation sites is 1. The average Bonchev–Trinajstić information content (AvgIpc) is 2.98. The number of rotatable bonds is 5. The molecule has 24 heavy (non-hydrogen) atoms. The highest BCUT2D eigenvalue weighted by Crippen LogP contribution is 2.15. The van der Waals surface area contributed by atoms with Crippen molar-refractivity contribution in [1.29, 1.82) is 0 Å². The summed E-state index contributed by atoms with van der Waals surface area (Å²) in [6, 6.07) is 18.2. The van der Waals surface area contributed by atoms with Crippen molar-refractivity contribution >= 4 is 23.0 Å². The lowest BCUT2D eigenvalue weighted by Crippen LogP contribution is -2.22. The molecule has 1 amide bonds. The van der Waals surface area contributed by atoms with Crippen LogP contribution < -0.4 is 5.43 Å². The summed E-state index contributed by atoms with van der Waals surface area (Å²) in [7, 11) is 0. The quantitative estimate of drug-likeness (QED) is 0.562. The van der Waals surface area contributed by atoms with Crippen LogP contribution in [0.2, 0.25) is 0 Å². The fraction of sp³-hybridized carbons (Fsp3) is 0.200. The topological polar surface area (TPSA) is 46.4 Å². The summed E-state index contributed by atoms with van der Waals surface area (Å²) in [5.41, 5.74) is 5.88. The SMILES string of the molecule is CC(C)c1ccc(/C=N/NC(=O)Cn2ccc3ccccc32)cc1. The minimum atomic E-state index is -0.147. The molecule has 0 saturated carbocycles. The van der Waals surface area contributed by atoms with Crippen LogP contribution in [-0.2, 0) is 11.3 Å². The molecule has 3 rings (SSSR count). The largest absolute Gasteiger partial charge is 0.338 e. The van der Waals surface area contributed by atoms with Crippen LogP contribution in [0.1, 0.15) is 30.9 Å². The molecular weight excluding hydrogens is 298 g/mol. The van der Waals surface area contributed by atoms with E-state index in [1.165, 1.54) is 5.56 Å². The summed E-state index contributed by atoms with van der Waals surface area (Å²) in [6.45, 7) is 4.57. The Morgan fingerprint density at radius 2 is 1.88 bits per heavy atom. The number of carbonyl (C=O) groups excluding carboxylic acids is 1. The van der Waals surface area contributed by atoms with Gasteiger partial charge in [-0.05, 0) is 34.6 Å². The molecule has 1 aromatic heterocycles. The maximum absolute atomic E-state index is 12.0. The van der Waals surface area contributed by atoms with Gasteiger partial charge in [0.2, 0.25) is 0 Å². The zero-order chi connectivity index (χ0) is 16.9. The second-order valence-electron chi connectivity index (χ2n) is 6.12. The number of amides is 1. The molecule has 1 heterocycles. The van der Waals surface area contributed by atoms with Crippen molar-refractivity contribution in [3.8, 4) is 0 Å². The molecule has 0 spiro atoms. The van der Waals surface area contributed by atoms with Crippen LogP contribution in [0, 0.1) is 0 Å². The fourth-order valence-corrected chi connectivity index (χ4v) is 2.61. The summed E-state index contributed by atoms with van der Waals surface area (Å²) < 4.78 is 1.91. The fourth-order valence-electron chi connectivity index (χ4n) is 2.61. The summed E-state index contributed by atoms with van der Waals surface area (Å²) >= 11 is 0. The second kappa shape index (κ2) is 7.13. The first kappa shape index (κ1) is 16.0. The standard InChI is InChI=1S/C20H21N3O/c1-15(2)17-9-7-16(8-10-17)13-21-22-20(24)14-23-12-11-18-5-3-4-6-19(18)23/h3-13,15H,14H2,1-2H3,(H,22,24)/b21-13+. The van der Waals surface area contributed by atoms with E-state index in [9.17, 15) is 4.79 Å². The molecule has 122 valence electrons. The maximum atomic E-state index is 12.0. The smallest absolute Gasteiger partial charge is 0.259 e. The van der Waals surface area contributed by atoms with Crippen molar-refractivity contribution in [2.45, 2.75) is 26.3 Å². The maximum Gasteiger partial charge on any atom is 0.259 e. The number of fused-ring (bicyclic) bond motifs is 1. The molecule has 0 aliphatic heterocycles. The Morgan fingerprint density at radius 3 is 2.62 bits per heavy atom. The molecule has 1 N–H and O–H groups in total. The lowest BCUT2D eigenvalue weighted by atomic mass is 10.0. The molecule has 0 radical (unpaired) electrons. The number of nitrogens with zero attached hydrogens (tertiary/aromatic N) is 2. The summed E-state index contributed by atoms with van der Waals surface area (Å²) in [4.78, 5) is 12.0. The monoisotopic (exact) mass is 319 g/mol. The number of nitrogens with one attached hydrogen (secondary N) is 1. The molecule has 0 aliphatic rings. The molecule has 0 unspecified atom stereocenters. The van der Waals surface area contributed by atoms with E-state index < -0.39 is 0 Å². The predicted molar refractivity (Wildman–Crippen MR) is 98.2 cm³/mol. The number of aromatic nitrogens is 1. The summed E-state index contributed by atoms with van der Waals surface area (Å²) in [6.07, 6.45) is 3.58. The van der Waals surface area contributed by atoms with Gasteiger partial charge in [0.25, 0.3) is 5.91 Å². The van der Waals surface area contributed by atoms with Crippen molar-refractivity contribution in [2.24, 2.45) is 5.10 Å². The average molecular weight is 319 g/mol. The van der Waals surface area contributed by atoms with Crippen molar-refractivity contribution in [1.82, 2.24) is 9.99 Å². The molecular formula is C20H21N3O. The van der Waals surface area contributed by atoms with Crippen LogP contribution in [0.3, 0.4) is 0 Å². The Bertz CT molecular complexity index is 860. The molecule has 3 aromatic rings. The first-order valence-corrected chi connectivity index (χ1v) is 8.09.